The highest BCUT2D eigenvalue weighted by Gasteiger charge is 2.41. The Morgan fingerprint density at radius 2 is 2.16 bits per heavy atom. The minimum absolute atomic E-state index is 0.576. The highest BCUT2D eigenvalue weighted by Crippen LogP contribution is 2.32. The number of carboxylic acid groups (broad SMARTS) is 1. The SMILES string of the molecule is CN1CCC(CN(C)CC2(C(=O)O)CCOCC2)C1. The average Bonchev–Trinajstić information content (AvgIpc) is 2.75. The first-order valence-electron chi connectivity index (χ1n) is 7.20. The molecular formula is C14H26N2O3. The molecule has 2 heterocycles. The van der Waals surface area contributed by atoms with Crippen LogP contribution >= 0.6 is 0 Å². The fourth-order valence-corrected chi connectivity index (χ4v) is 3.40. The molecule has 1 N–H and O–H groups in total. The maximum atomic E-state index is 11.6. The number of hydrogen-bond acceptors (Lipinski definition) is 4. The van der Waals surface area contributed by atoms with Crippen molar-refractivity contribution in [2.24, 2.45) is 11.3 Å². The molecule has 2 aliphatic rings. The van der Waals surface area contributed by atoms with Gasteiger partial charge in [0.25, 0.3) is 0 Å². The summed E-state index contributed by atoms with van der Waals surface area (Å²) in [7, 11) is 4.20. The summed E-state index contributed by atoms with van der Waals surface area (Å²) in [5.74, 6) is 0.0203. The minimum Gasteiger partial charge on any atom is -0.481 e. The fourth-order valence-electron chi connectivity index (χ4n) is 3.40. The van der Waals surface area contributed by atoms with Gasteiger partial charge in [0.15, 0.2) is 0 Å². The quantitative estimate of drug-likeness (QED) is 0.799. The molecule has 0 amide bonds. The largest absolute Gasteiger partial charge is 0.481 e. The Morgan fingerprint density at radius 1 is 1.47 bits per heavy atom. The van der Waals surface area contributed by atoms with E-state index in [4.69, 9.17) is 4.74 Å². The molecule has 5 heteroatoms. The summed E-state index contributed by atoms with van der Waals surface area (Å²) in [6, 6.07) is 0. The summed E-state index contributed by atoms with van der Waals surface area (Å²) in [6.45, 7) is 5.09. The van der Waals surface area contributed by atoms with Gasteiger partial charge in [-0.1, -0.05) is 0 Å². The minimum atomic E-state index is -0.661. The lowest BCUT2D eigenvalue weighted by atomic mass is 9.79. The van der Waals surface area contributed by atoms with E-state index in [1.165, 1.54) is 6.42 Å². The lowest BCUT2D eigenvalue weighted by Gasteiger charge is -2.37. The molecule has 110 valence electrons. The molecule has 0 spiro atoms. The molecule has 0 aromatic heterocycles. The predicted molar refractivity (Wildman–Crippen MR) is 73.2 cm³/mol. The molecule has 5 nitrogen and oxygen atoms in total. The lowest BCUT2D eigenvalue weighted by molar-refractivity contribution is -0.156. The van der Waals surface area contributed by atoms with Crippen LogP contribution in [-0.4, -0.2) is 74.4 Å². The zero-order chi connectivity index (χ0) is 13.9. The molecule has 2 fully saturated rings. The van der Waals surface area contributed by atoms with Crippen LogP contribution in [0.2, 0.25) is 0 Å². The summed E-state index contributed by atoms with van der Waals surface area (Å²) < 4.78 is 5.32. The Kier molecular flexibility index (Phi) is 4.81. The number of likely N-dealkylation sites (tertiary alicyclic amines) is 1. The molecule has 2 aliphatic heterocycles. The molecule has 2 rings (SSSR count). The first-order valence-corrected chi connectivity index (χ1v) is 7.20. The number of aliphatic carboxylic acids is 1. The Labute approximate surface area is 115 Å². The van der Waals surface area contributed by atoms with Crippen molar-refractivity contribution in [1.82, 2.24) is 9.80 Å². The van der Waals surface area contributed by atoms with Crippen molar-refractivity contribution in [2.45, 2.75) is 19.3 Å². The van der Waals surface area contributed by atoms with Crippen LogP contribution in [0.15, 0.2) is 0 Å². The zero-order valence-corrected chi connectivity index (χ0v) is 12.1. The topological polar surface area (TPSA) is 53.0 Å². The van der Waals surface area contributed by atoms with E-state index in [1.807, 2.05) is 0 Å². The smallest absolute Gasteiger partial charge is 0.311 e. The van der Waals surface area contributed by atoms with Crippen LogP contribution in [0.25, 0.3) is 0 Å². The van der Waals surface area contributed by atoms with Crippen LogP contribution in [-0.2, 0) is 9.53 Å². The second-order valence-electron chi connectivity index (χ2n) is 6.31. The van der Waals surface area contributed by atoms with E-state index in [2.05, 4.69) is 23.9 Å². The van der Waals surface area contributed by atoms with Crippen molar-refractivity contribution in [3.8, 4) is 0 Å². The molecule has 1 unspecified atom stereocenters. The number of carboxylic acids is 1. The van der Waals surface area contributed by atoms with E-state index >= 15 is 0 Å². The second kappa shape index (κ2) is 6.20. The summed E-state index contributed by atoms with van der Waals surface area (Å²) in [5, 5.41) is 9.55. The van der Waals surface area contributed by atoms with Crippen molar-refractivity contribution in [2.75, 3.05) is 53.5 Å². The van der Waals surface area contributed by atoms with Gasteiger partial charge in [-0.05, 0) is 45.8 Å². The van der Waals surface area contributed by atoms with Gasteiger partial charge in [0.05, 0.1) is 5.41 Å². The van der Waals surface area contributed by atoms with Crippen LogP contribution in [0, 0.1) is 11.3 Å². The van der Waals surface area contributed by atoms with E-state index in [-0.39, 0.29) is 0 Å². The van der Waals surface area contributed by atoms with Gasteiger partial charge in [0.1, 0.15) is 0 Å². The molecule has 0 radical (unpaired) electrons. The van der Waals surface area contributed by atoms with E-state index in [1.54, 1.807) is 0 Å². The van der Waals surface area contributed by atoms with Crippen LogP contribution in [0.1, 0.15) is 19.3 Å². The number of rotatable bonds is 5. The van der Waals surface area contributed by atoms with Gasteiger partial charge in [0.2, 0.25) is 0 Å². The number of carbonyl (C=O) groups is 1. The van der Waals surface area contributed by atoms with Crippen molar-refractivity contribution >= 4 is 5.97 Å². The number of hydrogen-bond donors (Lipinski definition) is 1. The van der Waals surface area contributed by atoms with E-state index in [0.717, 1.165) is 19.6 Å². The summed E-state index contributed by atoms with van der Waals surface area (Å²) in [4.78, 5) is 16.2. The third-order valence-corrected chi connectivity index (χ3v) is 4.53. The molecule has 1 atom stereocenters. The van der Waals surface area contributed by atoms with Crippen molar-refractivity contribution in [1.29, 1.82) is 0 Å². The van der Waals surface area contributed by atoms with Gasteiger partial charge in [0, 0.05) is 32.8 Å². The molecule has 2 saturated heterocycles. The zero-order valence-electron chi connectivity index (χ0n) is 12.1. The summed E-state index contributed by atoms with van der Waals surface area (Å²) in [6.07, 6.45) is 2.50. The normalized spacial score (nSPS) is 27.8. The van der Waals surface area contributed by atoms with E-state index in [0.29, 0.717) is 38.5 Å². The number of ether oxygens (including phenoxy) is 1. The molecule has 0 saturated carbocycles. The molecule has 0 bridgehead atoms. The van der Waals surface area contributed by atoms with Crippen molar-refractivity contribution in [3.05, 3.63) is 0 Å². The Hall–Kier alpha value is -0.650. The summed E-state index contributed by atoms with van der Waals surface area (Å²) in [5.41, 5.74) is -0.600. The second-order valence-corrected chi connectivity index (χ2v) is 6.31. The lowest BCUT2D eigenvalue weighted by Crippen LogP contribution is -2.46. The third-order valence-electron chi connectivity index (χ3n) is 4.53. The van der Waals surface area contributed by atoms with E-state index in [9.17, 15) is 9.90 Å². The van der Waals surface area contributed by atoms with Gasteiger partial charge in [-0.15, -0.1) is 0 Å². The monoisotopic (exact) mass is 270 g/mol. The maximum Gasteiger partial charge on any atom is 0.311 e. The first-order chi connectivity index (χ1) is 9.02. The predicted octanol–water partition coefficient (Wildman–Crippen LogP) is 0.751. The van der Waals surface area contributed by atoms with Crippen molar-refractivity contribution in [3.63, 3.8) is 0 Å². The van der Waals surface area contributed by atoms with Crippen LogP contribution in [0.5, 0.6) is 0 Å². The van der Waals surface area contributed by atoms with Gasteiger partial charge in [-0.2, -0.15) is 0 Å². The highest BCUT2D eigenvalue weighted by molar-refractivity contribution is 5.75. The molecule has 0 aliphatic carbocycles. The fraction of sp³-hybridized carbons (Fsp3) is 0.929. The van der Waals surface area contributed by atoms with Crippen LogP contribution in [0.4, 0.5) is 0 Å². The Morgan fingerprint density at radius 3 is 2.68 bits per heavy atom. The van der Waals surface area contributed by atoms with Gasteiger partial charge in [-0.3, -0.25) is 4.79 Å². The molecular weight excluding hydrogens is 244 g/mol. The highest BCUT2D eigenvalue weighted by atomic mass is 16.5. The Bertz CT molecular complexity index is 316. The summed E-state index contributed by atoms with van der Waals surface area (Å²) >= 11 is 0. The maximum absolute atomic E-state index is 11.6. The molecule has 0 aromatic carbocycles. The van der Waals surface area contributed by atoms with Gasteiger partial charge < -0.3 is 19.6 Å². The van der Waals surface area contributed by atoms with Gasteiger partial charge >= 0.3 is 5.97 Å². The standard InChI is InChI=1S/C14H26N2O3/c1-15-6-3-12(9-15)10-16(2)11-14(13(17)18)4-7-19-8-5-14/h12H,3-11H2,1-2H3,(H,17,18). The van der Waals surface area contributed by atoms with E-state index < -0.39 is 11.4 Å². The van der Waals surface area contributed by atoms with Gasteiger partial charge in [-0.25, -0.2) is 0 Å². The molecule has 19 heavy (non-hydrogen) atoms. The van der Waals surface area contributed by atoms with Crippen LogP contribution in [0.3, 0.4) is 0 Å². The Balaban J connectivity index is 1.88. The van der Waals surface area contributed by atoms with Crippen molar-refractivity contribution < 1.29 is 14.6 Å². The first kappa shape index (κ1) is 14.8. The van der Waals surface area contributed by atoms with Crippen LogP contribution < -0.4 is 0 Å². The molecule has 0 aromatic rings. The number of nitrogens with zero attached hydrogens (tertiary/aromatic N) is 2. The average molecular weight is 270 g/mol. The third kappa shape index (κ3) is 3.68.